The monoisotopic (exact) mass is 242 g/mol. The first-order chi connectivity index (χ1) is 7.47. The predicted molar refractivity (Wildman–Crippen MR) is 58.5 cm³/mol. The van der Waals surface area contributed by atoms with Crippen molar-refractivity contribution in [2.45, 2.75) is 36.9 Å². The molecule has 1 aliphatic rings. The van der Waals surface area contributed by atoms with Crippen LogP contribution in [0.3, 0.4) is 0 Å². The summed E-state index contributed by atoms with van der Waals surface area (Å²) in [5.74, 6) is 0. The molecule has 1 aliphatic carbocycles. The molecule has 2 rings (SSSR count). The standard InChI is InChI=1S/C11H14O4S/c1-8-2-4-11(5-3-8)16(13,14)15-10-6-9(12)7-10/h2-5,9-10,12H,6-7H2,1H3/t9-,10-. The summed E-state index contributed by atoms with van der Waals surface area (Å²) in [5.41, 5.74) is 0.998. The Balaban J connectivity index is 2.10. The van der Waals surface area contributed by atoms with Gasteiger partial charge >= 0.3 is 0 Å². The summed E-state index contributed by atoms with van der Waals surface area (Å²) >= 11 is 0. The fraction of sp³-hybridized carbons (Fsp3) is 0.455. The van der Waals surface area contributed by atoms with Gasteiger partial charge in [0, 0.05) is 12.8 Å². The SMILES string of the molecule is Cc1ccc(S(=O)(=O)O[C@H]2C[C@H](O)C2)cc1. The van der Waals surface area contributed by atoms with Crippen LogP contribution in [0.5, 0.6) is 0 Å². The molecule has 16 heavy (non-hydrogen) atoms. The van der Waals surface area contributed by atoms with Gasteiger partial charge in [-0.3, -0.25) is 4.18 Å². The molecule has 88 valence electrons. The van der Waals surface area contributed by atoms with Crippen LogP contribution in [-0.2, 0) is 14.3 Å². The van der Waals surface area contributed by atoms with E-state index in [1.807, 2.05) is 6.92 Å². The van der Waals surface area contributed by atoms with E-state index in [1.165, 1.54) is 12.1 Å². The first kappa shape index (κ1) is 11.6. The highest BCUT2D eigenvalue weighted by Crippen LogP contribution is 2.27. The maximum Gasteiger partial charge on any atom is 0.297 e. The summed E-state index contributed by atoms with van der Waals surface area (Å²) in [6.07, 6.45) is -0.00423. The van der Waals surface area contributed by atoms with Gasteiger partial charge in [0.05, 0.1) is 17.1 Å². The van der Waals surface area contributed by atoms with E-state index in [1.54, 1.807) is 12.1 Å². The average Bonchev–Trinajstić information content (AvgIpc) is 2.15. The van der Waals surface area contributed by atoms with Crippen LogP contribution in [0.1, 0.15) is 18.4 Å². The van der Waals surface area contributed by atoms with Gasteiger partial charge in [-0.2, -0.15) is 8.42 Å². The molecule has 0 heterocycles. The summed E-state index contributed by atoms with van der Waals surface area (Å²) in [6, 6.07) is 6.51. The van der Waals surface area contributed by atoms with Gasteiger partial charge in [0.2, 0.25) is 0 Å². The predicted octanol–water partition coefficient (Wildman–Crippen LogP) is 1.22. The summed E-state index contributed by atoms with van der Waals surface area (Å²) in [6.45, 7) is 1.89. The Morgan fingerprint density at radius 3 is 2.31 bits per heavy atom. The van der Waals surface area contributed by atoms with Gasteiger partial charge in [0.15, 0.2) is 0 Å². The molecule has 1 saturated carbocycles. The van der Waals surface area contributed by atoms with Gasteiger partial charge in [0.25, 0.3) is 10.1 Å². The van der Waals surface area contributed by atoms with Crippen LogP contribution in [0.25, 0.3) is 0 Å². The van der Waals surface area contributed by atoms with E-state index in [0.717, 1.165) is 5.56 Å². The van der Waals surface area contributed by atoms with Crippen LogP contribution in [0.2, 0.25) is 0 Å². The number of hydrogen-bond donors (Lipinski definition) is 1. The highest BCUT2D eigenvalue weighted by atomic mass is 32.2. The van der Waals surface area contributed by atoms with Crippen LogP contribution < -0.4 is 0 Å². The van der Waals surface area contributed by atoms with Crippen LogP contribution in [0.15, 0.2) is 29.2 Å². The topological polar surface area (TPSA) is 63.6 Å². The molecule has 0 spiro atoms. The molecule has 0 bridgehead atoms. The van der Waals surface area contributed by atoms with Gasteiger partial charge in [-0.15, -0.1) is 0 Å². The Morgan fingerprint density at radius 2 is 1.81 bits per heavy atom. The molecule has 5 heteroatoms. The Kier molecular flexibility index (Phi) is 3.01. The maximum absolute atomic E-state index is 11.7. The summed E-state index contributed by atoms with van der Waals surface area (Å²) in [5, 5.41) is 9.05. The van der Waals surface area contributed by atoms with E-state index in [0.29, 0.717) is 12.8 Å². The molecule has 0 atom stereocenters. The molecule has 1 fully saturated rings. The van der Waals surface area contributed by atoms with Crippen LogP contribution in [0, 0.1) is 6.92 Å². The lowest BCUT2D eigenvalue weighted by molar-refractivity contribution is -0.00728. The molecule has 1 aromatic rings. The van der Waals surface area contributed by atoms with Gasteiger partial charge in [0.1, 0.15) is 0 Å². The normalized spacial score (nSPS) is 25.1. The first-order valence-electron chi connectivity index (χ1n) is 5.15. The average molecular weight is 242 g/mol. The van der Waals surface area contributed by atoms with E-state index in [9.17, 15) is 8.42 Å². The number of aliphatic hydroxyl groups excluding tert-OH is 1. The molecule has 1 aromatic carbocycles. The highest BCUT2D eigenvalue weighted by molar-refractivity contribution is 7.86. The van der Waals surface area contributed by atoms with Gasteiger partial charge in [-0.1, -0.05) is 17.7 Å². The Morgan fingerprint density at radius 1 is 1.25 bits per heavy atom. The Bertz CT molecular complexity index is 457. The van der Waals surface area contributed by atoms with Crippen molar-refractivity contribution in [1.29, 1.82) is 0 Å². The van der Waals surface area contributed by atoms with Gasteiger partial charge in [-0.25, -0.2) is 0 Å². The van der Waals surface area contributed by atoms with Crippen molar-refractivity contribution in [3.8, 4) is 0 Å². The van der Waals surface area contributed by atoms with Crippen LogP contribution in [-0.4, -0.2) is 25.7 Å². The molecule has 0 amide bonds. The lowest BCUT2D eigenvalue weighted by Crippen LogP contribution is -2.36. The van der Waals surface area contributed by atoms with Crippen molar-refractivity contribution in [2.75, 3.05) is 0 Å². The molecular weight excluding hydrogens is 228 g/mol. The van der Waals surface area contributed by atoms with Crippen molar-refractivity contribution in [3.63, 3.8) is 0 Å². The Labute approximate surface area is 95.0 Å². The second-order valence-corrected chi connectivity index (χ2v) is 5.68. The van der Waals surface area contributed by atoms with E-state index >= 15 is 0 Å². The van der Waals surface area contributed by atoms with Crippen LogP contribution in [0.4, 0.5) is 0 Å². The molecule has 0 radical (unpaired) electrons. The zero-order valence-electron chi connectivity index (χ0n) is 8.96. The molecule has 0 aromatic heterocycles. The fourth-order valence-corrected chi connectivity index (χ4v) is 2.65. The van der Waals surface area contributed by atoms with Gasteiger partial charge < -0.3 is 5.11 Å². The summed E-state index contributed by atoms with van der Waals surface area (Å²) < 4.78 is 28.5. The maximum atomic E-state index is 11.7. The minimum Gasteiger partial charge on any atom is -0.393 e. The van der Waals surface area contributed by atoms with Crippen LogP contribution >= 0.6 is 0 Å². The first-order valence-corrected chi connectivity index (χ1v) is 6.56. The molecule has 0 aliphatic heterocycles. The number of benzene rings is 1. The lowest BCUT2D eigenvalue weighted by atomic mass is 9.93. The summed E-state index contributed by atoms with van der Waals surface area (Å²) in [4.78, 5) is 0.166. The quantitative estimate of drug-likeness (QED) is 0.810. The minimum atomic E-state index is -3.67. The number of aryl methyl sites for hydroxylation is 1. The Hall–Kier alpha value is -0.910. The van der Waals surface area contributed by atoms with E-state index in [4.69, 9.17) is 9.29 Å². The van der Waals surface area contributed by atoms with E-state index < -0.39 is 16.2 Å². The molecule has 0 saturated heterocycles. The van der Waals surface area contributed by atoms with Gasteiger partial charge in [-0.05, 0) is 19.1 Å². The zero-order chi connectivity index (χ0) is 11.8. The van der Waals surface area contributed by atoms with Crippen molar-refractivity contribution < 1.29 is 17.7 Å². The minimum absolute atomic E-state index is 0.166. The third-order valence-corrected chi connectivity index (χ3v) is 4.02. The smallest absolute Gasteiger partial charge is 0.297 e. The molecule has 1 N–H and O–H groups in total. The van der Waals surface area contributed by atoms with Crippen molar-refractivity contribution in [3.05, 3.63) is 29.8 Å². The molecular formula is C11H14O4S. The van der Waals surface area contributed by atoms with Crippen molar-refractivity contribution >= 4 is 10.1 Å². The summed E-state index contributed by atoms with van der Waals surface area (Å²) in [7, 11) is -3.67. The fourth-order valence-electron chi connectivity index (χ4n) is 1.56. The second kappa shape index (κ2) is 4.16. The number of hydrogen-bond acceptors (Lipinski definition) is 4. The highest BCUT2D eigenvalue weighted by Gasteiger charge is 2.32. The number of aliphatic hydroxyl groups is 1. The van der Waals surface area contributed by atoms with E-state index in [2.05, 4.69) is 0 Å². The molecule has 0 unspecified atom stereocenters. The zero-order valence-corrected chi connectivity index (χ0v) is 9.78. The second-order valence-electron chi connectivity index (χ2n) is 4.11. The number of rotatable bonds is 3. The largest absolute Gasteiger partial charge is 0.393 e. The lowest BCUT2D eigenvalue weighted by Gasteiger charge is -2.30. The van der Waals surface area contributed by atoms with Crippen molar-refractivity contribution in [1.82, 2.24) is 0 Å². The third-order valence-electron chi connectivity index (χ3n) is 2.64. The van der Waals surface area contributed by atoms with Crippen molar-refractivity contribution in [2.24, 2.45) is 0 Å². The third kappa shape index (κ3) is 2.42. The molecule has 4 nitrogen and oxygen atoms in total. The van der Waals surface area contributed by atoms with E-state index in [-0.39, 0.29) is 11.0 Å².